The lowest BCUT2D eigenvalue weighted by molar-refractivity contribution is -0.0586. The van der Waals surface area contributed by atoms with Crippen LogP contribution in [0.4, 0.5) is 0 Å². The highest BCUT2D eigenvalue weighted by molar-refractivity contribution is 5.54. The first-order valence-electron chi connectivity index (χ1n) is 13.4. The van der Waals surface area contributed by atoms with Crippen LogP contribution in [0.5, 0.6) is 0 Å². The highest BCUT2D eigenvalue weighted by Gasteiger charge is 2.54. The summed E-state index contributed by atoms with van der Waals surface area (Å²) in [7, 11) is 0. The van der Waals surface area contributed by atoms with Crippen molar-refractivity contribution in [3.63, 3.8) is 0 Å². The third-order valence-corrected chi connectivity index (χ3v) is 9.22. The summed E-state index contributed by atoms with van der Waals surface area (Å²) in [5, 5.41) is 11.6. The zero-order valence-corrected chi connectivity index (χ0v) is 20.8. The highest BCUT2D eigenvalue weighted by Crippen LogP contribution is 2.61. The quantitative estimate of drug-likeness (QED) is 0.536. The van der Waals surface area contributed by atoms with Gasteiger partial charge in [-0.3, -0.25) is 4.98 Å². The average Bonchev–Trinajstić information content (AvgIpc) is 3.37. The Balaban J connectivity index is 1.56. The number of pyridine rings is 1. The van der Waals surface area contributed by atoms with Crippen molar-refractivity contribution in [1.29, 1.82) is 0 Å². The molecule has 6 rings (SSSR count). The van der Waals surface area contributed by atoms with E-state index in [0.29, 0.717) is 11.8 Å². The molecule has 1 aliphatic heterocycles. The van der Waals surface area contributed by atoms with Crippen LogP contribution in [-0.2, 0) is 16.8 Å². The van der Waals surface area contributed by atoms with Gasteiger partial charge in [-0.05, 0) is 72.5 Å². The van der Waals surface area contributed by atoms with E-state index in [4.69, 9.17) is 9.72 Å². The zero-order chi connectivity index (χ0) is 23.0. The second-order valence-corrected chi connectivity index (χ2v) is 12.1. The number of nitrogens with zero attached hydrogens (tertiary/aromatic N) is 1. The zero-order valence-electron chi connectivity index (χ0n) is 20.8. The molecule has 1 aromatic carbocycles. The fraction of sp³-hybridized carbons (Fsp3) is 0.633. The molecule has 2 spiro atoms. The van der Waals surface area contributed by atoms with Crippen LogP contribution in [0.15, 0.2) is 24.3 Å². The summed E-state index contributed by atoms with van der Waals surface area (Å²) in [4.78, 5) is 5.35. The molecule has 1 unspecified atom stereocenters. The molecule has 33 heavy (non-hydrogen) atoms. The molecule has 4 aliphatic rings. The van der Waals surface area contributed by atoms with Gasteiger partial charge in [0.1, 0.15) is 6.10 Å². The van der Waals surface area contributed by atoms with Gasteiger partial charge in [0.25, 0.3) is 0 Å². The normalized spacial score (nSPS) is 26.8. The molecular weight excluding hydrogens is 406 g/mol. The maximum atomic E-state index is 11.6. The van der Waals surface area contributed by atoms with Crippen molar-refractivity contribution in [1.82, 2.24) is 4.98 Å². The lowest BCUT2D eigenvalue weighted by atomic mass is 9.59. The first-order chi connectivity index (χ1) is 15.8. The fourth-order valence-electron chi connectivity index (χ4n) is 7.32. The Bertz CT molecular complexity index is 1060. The van der Waals surface area contributed by atoms with E-state index in [0.717, 1.165) is 31.2 Å². The van der Waals surface area contributed by atoms with E-state index in [1.54, 1.807) is 0 Å². The Morgan fingerprint density at radius 1 is 0.909 bits per heavy atom. The van der Waals surface area contributed by atoms with E-state index in [9.17, 15) is 5.11 Å². The summed E-state index contributed by atoms with van der Waals surface area (Å²) >= 11 is 0. The molecule has 3 nitrogen and oxygen atoms in total. The van der Waals surface area contributed by atoms with Crippen molar-refractivity contribution >= 4 is 0 Å². The number of benzene rings is 1. The summed E-state index contributed by atoms with van der Waals surface area (Å²) in [6, 6.07) is 9.06. The number of fused-ring (bicyclic) bond motifs is 4. The average molecular weight is 446 g/mol. The minimum atomic E-state index is -0.403. The minimum Gasteiger partial charge on any atom is -0.388 e. The topological polar surface area (TPSA) is 42.4 Å². The van der Waals surface area contributed by atoms with E-state index < -0.39 is 6.10 Å². The standard InChI is InChI=1S/C30H39NO2/c1-18(2)20-8-10-21(11-9-20)28-25-26(30(33-28)14-5-6-15-30)24-22(31-27(25)19(3)4)16-29(12-7-13-29)17-23(24)32/h8-11,18-19,23,28,32H,5-7,12-17H2,1-4H3/t23?,28-/m1/s1. The van der Waals surface area contributed by atoms with E-state index in [2.05, 4.69) is 52.0 Å². The number of aliphatic hydroxyl groups is 1. The maximum Gasteiger partial charge on any atom is 0.111 e. The Morgan fingerprint density at radius 3 is 2.18 bits per heavy atom. The van der Waals surface area contributed by atoms with Gasteiger partial charge in [0.15, 0.2) is 0 Å². The van der Waals surface area contributed by atoms with Crippen LogP contribution in [0.3, 0.4) is 0 Å². The second-order valence-electron chi connectivity index (χ2n) is 12.1. The van der Waals surface area contributed by atoms with Gasteiger partial charge in [-0.2, -0.15) is 0 Å². The SMILES string of the molecule is CC(C)c1ccc([C@H]2OC3(CCCC3)c3c4c(nc(C(C)C)c32)CC2(CCC2)CC4O)cc1. The molecule has 176 valence electrons. The highest BCUT2D eigenvalue weighted by atomic mass is 16.5. The van der Waals surface area contributed by atoms with Gasteiger partial charge in [-0.15, -0.1) is 0 Å². The van der Waals surface area contributed by atoms with Crippen molar-refractivity contribution in [2.45, 2.75) is 115 Å². The third-order valence-electron chi connectivity index (χ3n) is 9.22. The lowest BCUT2D eigenvalue weighted by Gasteiger charge is -2.47. The molecule has 2 fully saturated rings. The van der Waals surface area contributed by atoms with Crippen LogP contribution in [0.25, 0.3) is 0 Å². The molecule has 0 radical (unpaired) electrons. The van der Waals surface area contributed by atoms with Crippen LogP contribution in [-0.4, -0.2) is 10.1 Å². The summed E-state index contributed by atoms with van der Waals surface area (Å²) in [5.74, 6) is 0.851. The van der Waals surface area contributed by atoms with Crippen LogP contribution in [0.1, 0.15) is 142 Å². The molecule has 3 heteroatoms. The molecule has 1 aromatic heterocycles. The van der Waals surface area contributed by atoms with E-state index >= 15 is 0 Å². The molecule has 0 amide bonds. The maximum absolute atomic E-state index is 11.6. The van der Waals surface area contributed by atoms with Crippen molar-refractivity contribution < 1.29 is 9.84 Å². The molecule has 2 aromatic rings. The van der Waals surface area contributed by atoms with Gasteiger partial charge < -0.3 is 9.84 Å². The number of aliphatic hydroxyl groups excluding tert-OH is 1. The Kier molecular flexibility index (Phi) is 5.05. The van der Waals surface area contributed by atoms with Gasteiger partial charge in [0.2, 0.25) is 0 Å². The van der Waals surface area contributed by atoms with E-state index in [1.807, 2.05) is 0 Å². The lowest BCUT2D eigenvalue weighted by Crippen LogP contribution is -2.39. The van der Waals surface area contributed by atoms with Crippen molar-refractivity contribution in [2.75, 3.05) is 0 Å². The molecule has 2 atom stereocenters. The van der Waals surface area contributed by atoms with Gasteiger partial charge in [-0.25, -0.2) is 0 Å². The predicted molar refractivity (Wildman–Crippen MR) is 131 cm³/mol. The molecule has 2 saturated carbocycles. The minimum absolute atomic E-state index is 0.0821. The molecule has 1 N–H and O–H groups in total. The van der Waals surface area contributed by atoms with Crippen LogP contribution in [0, 0.1) is 5.41 Å². The van der Waals surface area contributed by atoms with Gasteiger partial charge >= 0.3 is 0 Å². The second kappa shape index (κ2) is 7.65. The molecule has 2 heterocycles. The molecular formula is C30H39NO2. The number of hydrogen-bond acceptors (Lipinski definition) is 3. The Labute approximate surface area is 199 Å². The third kappa shape index (κ3) is 3.26. The first kappa shape index (κ1) is 21.8. The van der Waals surface area contributed by atoms with Crippen LogP contribution >= 0.6 is 0 Å². The Hall–Kier alpha value is -1.71. The predicted octanol–water partition coefficient (Wildman–Crippen LogP) is 7.37. The van der Waals surface area contributed by atoms with Crippen LogP contribution in [0.2, 0.25) is 0 Å². The van der Waals surface area contributed by atoms with Crippen molar-refractivity contribution in [3.8, 4) is 0 Å². The van der Waals surface area contributed by atoms with Crippen molar-refractivity contribution in [2.24, 2.45) is 5.41 Å². The largest absolute Gasteiger partial charge is 0.388 e. The first-order valence-corrected chi connectivity index (χ1v) is 13.4. The van der Waals surface area contributed by atoms with Crippen molar-refractivity contribution in [3.05, 3.63) is 63.5 Å². The number of aromatic nitrogens is 1. The van der Waals surface area contributed by atoms with E-state index in [-0.39, 0.29) is 17.1 Å². The fourth-order valence-corrected chi connectivity index (χ4v) is 7.32. The van der Waals surface area contributed by atoms with Crippen LogP contribution < -0.4 is 0 Å². The van der Waals surface area contributed by atoms with E-state index in [1.165, 1.54) is 65.7 Å². The molecule has 0 saturated heterocycles. The summed E-state index contributed by atoms with van der Waals surface area (Å²) in [6.07, 6.45) is 9.76. The van der Waals surface area contributed by atoms with Gasteiger partial charge in [-0.1, -0.05) is 71.2 Å². The number of hydrogen-bond donors (Lipinski definition) is 1. The summed E-state index contributed by atoms with van der Waals surface area (Å²) in [6.45, 7) is 9.03. The summed E-state index contributed by atoms with van der Waals surface area (Å²) < 4.78 is 7.11. The number of ether oxygens (including phenoxy) is 1. The Morgan fingerprint density at radius 2 is 1.61 bits per heavy atom. The molecule has 3 aliphatic carbocycles. The number of rotatable bonds is 3. The monoisotopic (exact) mass is 445 g/mol. The van der Waals surface area contributed by atoms with Gasteiger partial charge in [0, 0.05) is 22.5 Å². The smallest absolute Gasteiger partial charge is 0.111 e. The summed E-state index contributed by atoms with van der Waals surface area (Å²) in [5.41, 5.74) is 8.79. The molecule has 0 bridgehead atoms. The van der Waals surface area contributed by atoms with Gasteiger partial charge in [0.05, 0.1) is 11.7 Å².